The molecule has 0 radical (unpaired) electrons. The summed E-state index contributed by atoms with van der Waals surface area (Å²) in [5.41, 5.74) is 3.41. The molecule has 1 aromatic heterocycles. The summed E-state index contributed by atoms with van der Waals surface area (Å²) in [6.07, 6.45) is 0. The number of methoxy groups -OCH3 is 1. The van der Waals surface area contributed by atoms with E-state index in [1.807, 2.05) is 0 Å². The summed E-state index contributed by atoms with van der Waals surface area (Å²) in [4.78, 5) is 15.9. The number of aromatic carboxylic acids is 1. The van der Waals surface area contributed by atoms with Gasteiger partial charge in [0.1, 0.15) is 0 Å². The van der Waals surface area contributed by atoms with Crippen LogP contribution in [0.4, 0.5) is 0 Å². The normalized spacial score (nSPS) is 10.4. The Morgan fingerprint density at radius 3 is 2.74 bits per heavy atom. The summed E-state index contributed by atoms with van der Waals surface area (Å²) < 4.78 is 10.7. The van der Waals surface area contributed by atoms with Crippen molar-refractivity contribution in [2.75, 3.05) is 14.2 Å². The molecule has 100 valence electrons. The molecular weight excluding hydrogens is 250 g/mol. The van der Waals surface area contributed by atoms with E-state index >= 15 is 0 Å². The fourth-order valence-electron chi connectivity index (χ4n) is 1.77. The molecule has 6 heteroatoms. The van der Waals surface area contributed by atoms with Crippen molar-refractivity contribution in [3.05, 3.63) is 36.1 Å². The Bertz CT molecular complexity index is 644. The average Bonchev–Trinajstić information content (AvgIpc) is 2.82. The highest BCUT2D eigenvalue weighted by Crippen LogP contribution is 2.33. The van der Waals surface area contributed by atoms with Crippen LogP contribution in [-0.4, -0.2) is 25.3 Å². The van der Waals surface area contributed by atoms with Gasteiger partial charge in [-0.25, -0.2) is 4.79 Å². The van der Waals surface area contributed by atoms with Crippen molar-refractivity contribution in [2.45, 2.75) is 0 Å². The van der Waals surface area contributed by atoms with Gasteiger partial charge >= 0.3 is 5.97 Å². The highest BCUT2D eigenvalue weighted by Gasteiger charge is 2.17. The summed E-state index contributed by atoms with van der Waals surface area (Å²) in [6, 6.07) is 4.59. The van der Waals surface area contributed by atoms with Crippen molar-refractivity contribution < 1.29 is 23.9 Å². The molecule has 0 saturated heterocycles. The predicted molar refractivity (Wildman–Crippen MR) is 68.9 cm³/mol. The second-order valence-corrected chi connectivity index (χ2v) is 3.76. The van der Waals surface area contributed by atoms with Crippen LogP contribution < -0.4 is 10.2 Å². The Hall–Kier alpha value is -2.47. The number of rotatable bonds is 5. The molecule has 0 amide bonds. The van der Waals surface area contributed by atoms with E-state index in [4.69, 9.17) is 19.1 Å². The first kappa shape index (κ1) is 13.0. The van der Waals surface area contributed by atoms with Crippen molar-refractivity contribution in [1.82, 2.24) is 5.48 Å². The zero-order valence-corrected chi connectivity index (χ0v) is 10.5. The molecule has 0 saturated carbocycles. The maximum atomic E-state index is 11.2. The van der Waals surface area contributed by atoms with Gasteiger partial charge in [-0.2, -0.15) is 0 Å². The van der Waals surface area contributed by atoms with Crippen molar-refractivity contribution in [3.63, 3.8) is 0 Å². The van der Waals surface area contributed by atoms with Gasteiger partial charge in [0.05, 0.1) is 25.5 Å². The zero-order chi connectivity index (χ0) is 14.0. The number of nitrogens with one attached hydrogen (secondary N) is 1. The molecule has 6 nitrogen and oxygen atoms in total. The van der Waals surface area contributed by atoms with Gasteiger partial charge in [0.15, 0.2) is 17.1 Å². The fourth-order valence-corrected chi connectivity index (χ4v) is 1.77. The number of furan rings is 1. The molecule has 0 bridgehead atoms. The molecule has 2 aromatic rings. The second kappa shape index (κ2) is 5.03. The first-order valence-corrected chi connectivity index (χ1v) is 5.40. The van der Waals surface area contributed by atoms with Gasteiger partial charge in [-0.1, -0.05) is 6.58 Å². The number of fused-ring (bicyclic) bond motifs is 1. The molecule has 0 aliphatic heterocycles. The van der Waals surface area contributed by atoms with E-state index in [1.54, 1.807) is 12.1 Å². The van der Waals surface area contributed by atoms with E-state index in [9.17, 15) is 4.79 Å². The number of benzene rings is 1. The summed E-state index contributed by atoms with van der Waals surface area (Å²) >= 11 is 0. The Morgan fingerprint density at radius 2 is 2.16 bits per heavy atom. The largest absolute Gasteiger partial charge is 0.493 e. The molecule has 0 unspecified atom stereocenters. The average molecular weight is 263 g/mol. The van der Waals surface area contributed by atoms with E-state index in [0.29, 0.717) is 28.2 Å². The molecule has 2 N–H and O–H groups in total. The lowest BCUT2D eigenvalue weighted by molar-refractivity contribution is 0.0699. The SMILES string of the molecule is C=C(NOC)c1cc2c(C(=O)O)ccc(OC)c2o1. The summed E-state index contributed by atoms with van der Waals surface area (Å²) in [5.74, 6) is -0.203. The van der Waals surface area contributed by atoms with Crippen LogP contribution in [0.1, 0.15) is 16.1 Å². The third-order valence-corrected chi connectivity index (χ3v) is 2.62. The molecule has 1 aromatic carbocycles. The smallest absolute Gasteiger partial charge is 0.336 e. The first-order valence-electron chi connectivity index (χ1n) is 5.40. The van der Waals surface area contributed by atoms with Gasteiger partial charge in [-0.3, -0.25) is 10.3 Å². The fraction of sp³-hybridized carbons (Fsp3) is 0.154. The summed E-state index contributed by atoms with van der Waals surface area (Å²) in [7, 11) is 2.93. The number of carboxylic acid groups (broad SMARTS) is 1. The minimum Gasteiger partial charge on any atom is -0.493 e. The first-order chi connectivity index (χ1) is 9.08. The van der Waals surface area contributed by atoms with Gasteiger partial charge in [0.25, 0.3) is 0 Å². The van der Waals surface area contributed by atoms with E-state index < -0.39 is 5.97 Å². The number of hydrogen-bond donors (Lipinski definition) is 2. The number of carbonyl (C=O) groups is 1. The van der Waals surface area contributed by atoms with Crippen LogP contribution in [0.2, 0.25) is 0 Å². The van der Waals surface area contributed by atoms with E-state index in [-0.39, 0.29) is 5.56 Å². The molecular formula is C13H13NO5. The molecule has 0 fully saturated rings. The molecule has 0 atom stereocenters. The summed E-state index contributed by atoms with van der Waals surface area (Å²) in [6.45, 7) is 3.72. The van der Waals surface area contributed by atoms with Crippen LogP contribution >= 0.6 is 0 Å². The molecule has 2 rings (SSSR count). The predicted octanol–water partition coefficient (Wildman–Crippen LogP) is 2.26. The van der Waals surface area contributed by atoms with Gasteiger partial charge in [0, 0.05) is 5.39 Å². The maximum absolute atomic E-state index is 11.2. The lowest BCUT2D eigenvalue weighted by atomic mass is 10.1. The lowest BCUT2D eigenvalue weighted by Crippen LogP contribution is -2.07. The molecule has 0 aliphatic carbocycles. The minimum absolute atomic E-state index is 0.135. The van der Waals surface area contributed by atoms with Crippen molar-refractivity contribution >= 4 is 22.6 Å². The Kier molecular flexibility index (Phi) is 3.43. The highest BCUT2D eigenvalue weighted by molar-refractivity contribution is 6.04. The van der Waals surface area contributed by atoms with Crippen LogP contribution in [0.5, 0.6) is 5.75 Å². The standard InChI is InChI=1S/C13H13NO5/c1-7(14-18-3)11-6-9-8(13(15)16)4-5-10(17-2)12(9)19-11/h4-6,14H,1H2,2-3H3,(H,15,16). The van der Waals surface area contributed by atoms with Crippen LogP contribution in [0.15, 0.2) is 29.2 Å². The second-order valence-electron chi connectivity index (χ2n) is 3.76. The van der Waals surface area contributed by atoms with Gasteiger partial charge in [-0.15, -0.1) is 0 Å². The molecule has 19 heavy (non-hydrogen) atoms. The van der Waals surface area contributed by atoms with E-state index in [1.165, 1.54) is 20.3 Å². The van der Waals surface area contributed by atoms with Gasteiger partial charge in [0.2, 0.25) is 0 Å². The Labute approximate surface area is 109 Å². The van der Waals surface area contributed by atoms with Crippen molar-refractivity contribution in [3.8, 4) is 5.75 Å². The van der Waals surface area contributed by atoms with Crippen molar-refractivity contribution in [2.24, 2.45) is 0 Å². The van der Waals surface area contributed by atoms with Crippen LogP contribution in [0.3, 0.4) is 0 Å². The quantitative estimate of drug-likeness (QED) is 0.805. The Balaban J connectivity index is 2.64. The van der Waals surface area contributed by atoms with E-state index in [2.05, 4.69) is 12.1 Å². The number of hydrogen-bond acceptors (Lipinski definition) is 5. The topological polar surface area (TPSA) is 80.9 Å². The van der Waals surface area contributed by atoms with E-state index in [0.717, 1.165) is 0 Å². The number of carboxylic acids is 1. The summed E-state index contributed by atoms with van der Waals surface area (Å²) in [5, 5.41) is 9.60. The zero-order valence-electron chi connectivity index (χ0n) is 10.5. The van der Waals surface area contributed by atoms with Crippen LogP contribution in [-0.2, 0) is 4.84 Å². The van der Waals surface area contributed by atoms with Crippen LogP contribution in [0, 0.1) is 0 Å². The molecule has 0 aliphatic rings. The van der Waals surface area contributed by atoms with Gasteiger partial charge < -0.3 is 14.3 Å². The Morgan fingerprint density at radius 1 is 1.42 bits per heavy atom. The monoisotopic (exact) mass is 263 g/mol. The number of ether oxygens (including phenoxy) is 1. The third kappa shape index (κ3) is 2.25. The van der Waals surface area contributed by atoms with Crippen LogP contribution in [0.25, 0.3) is 16.7 Å². The minimum atomic E-state index is -1.04. The molecule has 1 heterocycles. The highest BCUT2D eigenvalue weighted by atomic mass is 16.6. The maximum Gasteiger partial charge on any atom is 0.336 e. The van der Waals surface area contributed by atoms with Crippen molar-refractivity contribution in [1.29, 1.82) is 0 Å². The molecule has 0 spiro atoms. The number of hydroxylamine groups is 1. The van der Waals surface area contributed by atoms with Gasteiger partial charge in [-0.05, 0) is 18.2 Å². The third-order valence-electron chi connectivity index (χ3n) is 2.62. The lowest BCUT2D eigenvalue weighted by Gasteiger charge is -2.03.